The lowest BCUT2D eigenvalue weighted by Gasteiger charge is -2.10. The molecule has 0 saturated carbocycles. The molecule has 0 aromatic heterocycles. The number of hydrogen-bond donors (Lipinski definition) is 0. The van der Waals surface area contributed by atoms with Crippen molar-refractivity contribution < 1.29 is 0 Å². The topological polar surface area (TPSA) is 12.4 Å². The number of nitrogens with zero attached hydrogens (tertiary/aromatic N) is 1. The second-order valence-corrected chi connectivity index (χ2v) is 11.8. The Bertz CT molecular complexity index is 1980. The van der Waals surface area contributed by atoms with Crippen molar-refractivity contribution in [2.24, 2.45) is 4.99 Å². The Labute approximate surface area is 281 Å². The fraction of sp³-hybridized carbons (Fsp3) is 0.109. The molecule has 0 aliphatic rings. The van der Waals surface area contributed by atoms with Crippen LogP contribution >= 0.6 is 0 Å². The van der Waals surface area contributed by atoms with Crippen LogP contribution < -0.4 is 0 Å². The van der Waals surface area contributed by atoms with Gasteiger partial charge in [0.1, 0.15) is 0 Å². The molecule has 0 atom stereocenters. The first-order valence-corrected chi connectivity index (χ1v) is 16.3. The van der Waals surface area contributed by atoms with E-state index in [0.29, 0.717) is 0 Å². The number of benzene rings is 6. The number of hydrogen-bond acceptors (Lipinski definition) is 1. The first kappa shape index (κ1) is 32.9. The Balaban J connectivity index is 0.000000241. The summed E-state index contributed by atoms with van der Waals surface area (Å²) in [4.78, 5) is 4.92. The van der Waals surface area contributed by atoms with Crippen LogP contribution in [0.2, 0.25) is 0 Å². The zero-order chi connectivity index (χ0) is 33.0. The third-order valence-electron chi connectivity index (χ3n) is 8.32. The van der Waals surface area contributed by atoms with Crippen LogP contribution in [0.3, 0.4) is 0 Å². The molecule has 1 nitrogen and oxygen atoms in total. The molecule has 0 saturated heterocycles. The predicted molar refractivity (Wildman–Crippen MR) is 205 cm³/mol. The number of aliphatic imine (C=N–C) groups is 1. The molecule has 0 fully saturated rings. The van der Waals surface area contributed by atoms with Gasteiger partial charge in [0.05, 0.1) is 11.4 Å². The molecule has 47 heavy (non-hydrogen) atoms. The maximum atomic E-state index is 4.92. The fourth-order valence-corrected chi connectivity index (χ4v) is 5.57. The molecule has 6 aromatic carbocycles. The lowest BCUT2D eigenvalue weighted by Crippen LogP contribution is -1.99. The van der Waals surface area contributed by atoms with E-state index < -0.39 is 0 Å². The maximum Gasteiger partial charge on any atom is 0.0712 e. The van der Waals surface area contributed by atoms with Gasteiger partial charge in [0, 0.05) is 5.56 Å². The number of allylic oxidation sites excluding steroid dienone is 2. The highest BCUT2D eigenvalue weighted by Gasteiger charge is 2.07. The fourth-order valence-electron chi connectivity index (χ4n) is 5.57. The molecule has 6 rings (SSSR count). The summed E-state index contributed by atoms with van der Waals surface area (Å²) in [5, 5.41) is 0. The van der Waals surface area contributed by atoms with Gasteiger partial charge >= 0.3 is 0 Å². The summed E-state index contributed by atoms with van der Waals surface area (Å²) in [5.74, 6) is 0. The summed E-state index contributed by atoms with van der Waals surface area (Å²) < 4.78 is 0. The highest BCUT2D eigenvalue weighted by molar-refractivity contribution is 6.14. The van der Waals surface area contributed by atoms with Gasteiger partial charge in [-0.25, -0.2) is 4.99 Å². The quantitative estimate of drug-likeness (QED) is 0.152. The molecular weight excluding hydrogens is 567 g/mol. The van der Waals surface area contributed by atoms with Crippen molar-refractivity contribution in [3.63, 3.8) is 0 Å². The van der Waals surface area contributed by atoms with E-state index in [-0.39, 0.29) is 0 Å². The molecule has 0 N–H and O–H groups in total. The van der Waals surface area contributed by atoms with E-state index in [4.69, 9.17) is 4.99 Å². The standard InChI is InChI=1S/C31H27N.C15H16/c1-23-17-19-27(20-18-23)30-16-10-15-29(22-30)24(2)21-31(28-13-8-5-9-14-28)32-25(3)26-11-6-4-7-12-26;1-3-13-9-5-7-11-15(13)14-10-6-4-8-12(14)2/h4-22H,3H2,1-2H3;4-11H,3H2,1-2H3/b24-21+,32-31?;. The minimum Gasteiger partial charge on any atom is -0.248 e. The summed E-state index contributed by atoms with van der Waals surface area (Å²) in [5.41, 5.74) is 15.3. The van der Waals surface area contributed by atoms with Crippen molar-refractivity contribution >= 4 is 17.0 Å². The van der Waals surface area contributed by atoms with Crippen molar-refractivity contribution in [1.82, 2.24) is 0 Å². The van der Waals surface area contributed by atoms with E-state index in [2.05, 4.69) is 150 Å². The SMILES string of the molecule is C=C(N=C(/C=C(\C)c1cccc(-c2ccc(C)cc2)c1)c1ccccc1)c1ccccc1.CCc1ccccc1-c1ccccc1C. The van der Waals surface area contributed by atoms with E-state index >= 15 is 0 Å². The molecule has 0 aliphatic heterocycles. The van der Waals surface area contributed by atoms with Crippen LogP contribution in [0.15, 0.2) is 175 Å². The van der Waals surface area contributed by atoms with Crippen LogP contribution in [0.4, 0.5) is 0 Å². The molecule has 1 heteroatoms. The van der Waals surface area contributed by atoms with Crippen LogP contribution in [0, 0.1) is 13.8 Å². The zero-order valence-electron chi connectivity index (χ0n) is 27.9. The summed E-state index contributed by atoms with van der Waals surface area (Å²) in [7, 11) is 0. The molecule has 0 amide bonds. The van der Waals surface area contributed by atoms with E-state index in [1.165, 1.54) is 44.5 Å². The van der Waals surface area contributed by atoms with Crippen LogP contribution in [-0.2, 0) is 6.42 Å². The van der Waals surface area contributed by atoms with Gasteiger partial charge in [0.15, 0.2) is 0 Å². The Morgan fingerprint density at radius 1 is 0.574 bits per heavy atom. The van der Waals surface area contributed by atoms with Crippen molar-refractivity contribution in [3.05, 3.63) is 204 Å². The monoisotopic (exact) mass is 609 g/mol. The van der Waals surface area contributed by atoms with Crippen molar-refractivity contribution in [3.8, 4) is 22.3 Å². The van der Waals surface area contributed by atoms with Gasteiger partial charge in [-0.2, -0.15) is 0 Å². The van der Waals surface area contributed by atoms with E-state index in [0.717, 1.165) is 34.5 Å². The lowest BCUT2D eigenvalue weighted by atomic mass is 9.95. The minimum atomic E-state index is 0.752. The lowest BCUT2D eigenvalue weighted by molar-refractivity contribution is 1.14. The average Bonchev–Trinajstić information content (AvgIpc) is 3.13. The van der Waals surface area contributed by atoms with Crippen molar-refractivity contribution in [1.29, 1.82) is 0 Å². The number of aryl methyl sites for hydroxylation is 3. The second kappa shape index (κ2) is 16.2. The van der Waals surface area contributed by atoms with Crippen LogP contribution in [0.25, 0.3) is 33.5 Å². The highest BCUT2D eigenvalue weighted by Crippen LogP contribution is 2.27. The summed E-state index contributed by atoms with van der Waals surface area (Å²) in [6, 6.07) is 54.9. The Kier molecular flexibility index (Phi) is 11.3. The Hall–Kier alpha value is -5.53. The van der Waals surface area contributed by atoms with E-state index in [1.807, 2.05) is 48.5 Å². The van der Waals surface area contributed by atoms with Crippen molar-refractivity contribution in [2.45, 2.75) is 34.1 Å². The highest BCUT2D eigenvalue weighted by atomic mass is 14.8. The minimum absolute atomic E-state index is 0.752. The second-order valence-electron chi connectivity index (χ2n) is 11.8. The van der Waals surface area contributed by atoms with Crippen LogP contribution in [-0.4, -0.2) is 5.71 Å². The van der Waals surface area contributed by atoms with Gasteiger partial charge in [-0.1, -0.05) is 171 Å². The van der Waals surface area contributed by atoms with Crippen molar-refractivity contribution in [2.75, 3.05) is 0 Å². The van der Waals surface area contributed by atoms with E-state index in [1.54, 1.807) is 0 Å². The maximum absolute atomic E-state index is 4.92. The predicted octanol–water partition coefficient (Wildman–Crippen LogP) is 12.4. The molecular formula is C46H43N. The molecule has 0 spiro atoms. The molecule has 232 valence electrons. The molecule has 0 radical (unpaired) electrons. The summed E-state index contributed by atoms with van der Waals surface area (Å²) in [6.45, 7) is 12.8. The molecule has 0 unspecified atom stereocenters. The first-order chi connectivity index (χ1) is 22.9. The molecule has 0 bridgehead atoms. The zero-order valence-corrected chi connectivity index (χ0v) is 27.9. The van der Waals surface area contributed by atoms with E-state index in [9.17, 15) is 0 Å². The Morgan fingerprint density at radius 2 is 1.15 bits per heavy atom. The normalized spacial score (nSPS) is 11.4. The molecule has 0 aliphatic carbocycles. The van der Waals surface area contributed by atoms with Gasteiger partial charge in [-0.15, -0.1) is 0 Å². The van der Waals surface area contributed by atoms with Crippen LogP contribution in [0.5, 0.6) is 0 Å². The third-order valence-corrected chi connectivity index (χ3v) is 8.32. The largest absolute Gasteiger partial charge is 0.248 e. The summed E-state index contributed by atoms with van der Waals surface area (Å²) in [6.07, 6.45) is 3.24. The van der Waals surface area contributed by atoms with Gasteiger partial charge < -0.3 is 0 Å². The average molecular weight is 610 g/mol. The molecule has 0 heterocycles. The van der Waals surface area contributed by atoms with Crippen LogP contribution in [0.1, 0.15) is 47.2 Å². The van der Waals surface area contributed by atoms with Gasteiger partial charge in [-0.05, 0) is 89.4 Å². The van der Waals surface area contributed by atoms with Gasteiger partial charge in [0.2, 0.25) is 0 Å². The van der Waals surface area contributed by atoms with Gasteiger partial charge in [0.25, 0.3) is 0 Å². The first-order valence-electron chi connectivity index (χ1n) is 16.3. The third kappa shape index (κ3) is 8.81. The number of rotatable bonds is 8. The smallest absolute Gasteiger partial charge is 0.0712 e. The summed E-state index contributed by atoms with van der Waals surface area (Å²) >= 11 is 0. The Morgan fingerprint density at radius 3 is 1.81 bits per heavy atom. The van der Waals surface area contributed by atoms with Gasteiger partial charge in [-0.3, -0.25) is 0 Å². The molecule has 6 aromatic rings.